The van der Waals surface area contributed by atoms with Gasteiger partial charge in [0.2, 0.25) is 0 Å². The van der Waals surface area contributed by atoms with Gasteiger partial charge in [-0.15, -0.1) is 0 Å². The molecule has 1 rings (SSSR count). The van der Waals surface area contributed by atoms with E-state index in [1.165, 1.54) is 0 Å². The maximum atomic E-state index is 12.5. The van der Waals surface area contributed by atoms with Crippen LogP contribution in [0.1, 0.15) is 105 Å². The number of carbonyl (C=O) groups excluding carboxylic acids is 1. The SMILES string of the molecule is CCCC/C(OC(=O)C(C)(C)C)=C(/CCCC)c1ccc(C(C)(C)C)o1. The second kappa shape index (κ2) is 9.43. The van der Waals surface area contributed by atoms with Gasteiger partial charge in [-0.25, -0.2) is 0 Å². The van der Waals surface area contributed by atoms with Gasteiger partial charge in [0.15, 0.2) is 0 Å². The summed E-state index contributed by atoms with van der Waals surface area (Å²) in [5.41, 5.74) is 0.487. The first-order valence-electron chi connectivity index (χ1n) is 10.1. The molecule has 0 saturated carbocycles. The monoisotopic (exact) mass is 362 g/mol. The van der Waals surface area contributed by atoms with E-state index in [-0.39, 0.29) is 11.4 Å². The zero-order valence-electron chi connectivity index (χ0n) is 18.1. The summed E-state index contributed by atoms with van der Waals surface area (Å²) in [4.78, 5) is 12.5. The second-order valence-electron chi connectivity index (χ2n) is 9.16. The Morgan fingerprint density at radius 3 is 2.00 bits per heavy atom. The molecular weight excluding hydrogens is 324 g/mol. The number of rotatable bonds is 8. The molecule has 1 heterocycles. The van der Waals surface area contributed by atoms with Crippen molar-refractivity contribution in [3.63, 3.8) is 0 Å². The van der Waals surface area contributed by atoms with Gasteiger partial charge in [-0.05, 0) is 52.2 Å². The third-order valence-electron chi connectivity index (χ3n) is 4.35. The number of furan rings is 1. The van der Waals surface area contributed by atoms with E-state index in [2.05, 4.69) is 34.6 Å². The van der Waals surface area contributed by atoms with Crippen LogP contribution in [0.5, 0.6) is 0 Å². The van der Waals surface area contributed by atoms with E-state index in [4.69, 9.17) is 9.15 Å². The lowest BCUT2D eigenvalue weighted by Gasteiger charge is -2.20. The number of ether oxygens (including phenoxy) is 1. The van der Waals surface area contributed by atoms with Crippen LogP contribution in [-0.2, 0) is 14.9 Å². The van der Waals surface area contributed by atoms with Gasteiger partial charge in [-0.3, -0.25) is 4.79 Å². The van der Waals surface area contributed by atoms with Crippen LogP contribution in [0.15, 0.2) is 22.3 Å². The summed E-state index contributed by atoms with van der Waals surface area (Å²) in [6.45, 7) is 16.4. The fraction of sp³-hybridized carbons (Fsp3) is 0.696. The van der Waals surface area contributed by atoms with Gasteiger partial charge in [-0.1, -0.05) is 47.5 Å². The molecular formula is C23H38O3. The van der Waals surface area contributed by atoms with E-state index in [0.717, 1.165) is 61.4 Å². The summed E-state index contributed by atoms with van der Waals surface area (Å²) in [7, 11) is 0. The van der Waals surface area contributed by atoms with E-state index in [1.54, 1.807) is 0 Å². The first-order valence-corrected chi connectivity index (χ1v) is 10.1. The molecule has 0 aliphatic heterocycles. The van der Waals surface area contributed by atoms with Gasteiger partial charge in [0.25, 0.3) is 0 Å². The summed E-state index contributed by atoms with van der Waals surface area (Å²) in [6, 6.07) is 4.08. The van der Waals surface area contributed by atoms with Gasteiger partial charge >= 0.3 is 5.97 Å². The van der Waals surface area contributed by atoms with Crippen LogP contribution in [-0.4, -0.2) is 5.97 Å². The minimum absolute atomic E-state index is 0.0419. The molecule has 3 heteroatoms. The van der Waals surface area contributed by atoms with Crippen LogP contribution in [0.4, 0.5) is 0 Å². The average Bonchev–Trinajstić information content (AvgIpc) is 3.01. The molecule has 0 aliphatic carbocycles. The van der Waals surface area contributed by atoms with Crippen molar-refractivity contribution in [2.45, 2.75) is 99.3 Å². The van der Waals surface area contributed by atoms with Crippen molar-refractivity contribution >= 4 is 11.5 Å². The predicted molar refractivity (Wildman–Crippen MR) is 109 cm³/mol. The lowest BCUT2D eigenvalue weighted by atomic mass is 9.94. The highest BCUT2D eigenvalue weighted by molar-refractivity contribution is 5.78. The average molecular weight is 363 g/mol. The maximum absolute atomic E-state index is 12.5. The molecule has 26 heavy (non-hydrogen) atoms. The van der Waals surface area contributed by atoms with Gasteiger partial charge in [0.05, 0.1) is 5.41 Å². The Balaban J connectivity index is 3.33. The fourth-order valence-electron chi connectivity index (χ4n) is 2.52. The largest absolute Gasteiger partial charge is 0.461 e. The molecule has 0 amide bonds. The summed E-state index contributed by atoms with van der Waals surface area (Å²) in [5.74, 6) is 2.41. The Morgan fingerprint density at radius 1 is 0.962 bits per heavy atom. The van der Waals surface area contributed by atoms with Crippen LogP contribution < -0.4 is 0 Å². The molecule has 148 valence electrons. The lowest BCUT2D eigenvalue weighted by molar-refractivity contribution is -0.148. The Kier molecular flexibility index (Phi) is 8.17. The van der Waals surface area contributed by atoms with Crippen molar-refractivity contribution in [1.82, 2.24) is 0 Å². The van der Waals surface area contributed by atoms with E-state index in [1.807, 2.05) is 32.9 Å². The quantitative estimate of drug-likeness (QED) is 0.361. The van der Waals surface area contributed by atoms with Crippen molar-refractivity contribution in [2.75, 3.05) is 0 Å². The van der Waals surface area contributed by atoms with Crippen molar-refractivity contribution in [3.05, 3.63) is 29.4 Å². The van der Waals surface area contributed by atoms with Crippen LogP contribution in [0, 0.1) is 5.41 Å². The molecule has 0 aromatic carbocycles. The van der Waals surface area contributed by atoms with E-state index in [9.17, 15) is 4.79 Å². The molecule has 0 fully saturated rings. The highest BCUT2D eigenvalue weighted by atomic mass is 16.5. The summed E-state index contributed by atoms with van der Waals surface area (Å²) in [5, 5.41) is 0. The molecule has 3 nitrogen and oxygen atoms in total. The van der Waals surface area contributed by atoms with Gasteiger partial charge in [0, 0.05) is 17.4 Å². The van der Waals surface area contributed by atoms with Crippen molar-refractivity contribution in [1.29, 1.82) is 0 Å². The minimum Gasteiger partial charge on any atom is -0.461 e. The van der Waals surface area contributed by atoms with Crippen molar-refractivity contribution in [3.8, 4) is 0 Å². The van der Waals surface area contributed by atoms with Gasteiger partial charge in [-0.2, -0.15) is 0 Å². The summed E-state index contributed by atoms with van der Waals surface area (Å²) < 4.78 is 12.1. The molecule has 0 radical (unpaired) electrons. The number of carbonyl (C=O) groups is 1. The zero-order valence-corrected chi connectivity index (χ0v) is 18.1. The first-order chi connectivity index (χ1) is 12.0. The second-order valence-corrected chi connectivity index (χ2v) is 9.16. The Labute approximate surface area is 160 Å². The Morgan fingerprint density at radius 2 is 1.54 bits per heavy atom. The normalized spacial score (nSPS) is 13.5. The van der Waals surface area contributed by atoms with Crippen LogP contribution in [0.3, 0.4) is 0 Å². The Bertz CT molecular complexity index is 606. The maximum Gasteiger partial charge on any atom is 0.316 e. The van der Waals surface area contributed by atoms with Crippen molar-refractivity contribution in [2.24, 2.45) is 5.41 Å². The third kappa shape index (κ3) is 6.66. The van der Waals surface area contributed by atoms with E-state index < -0.39 is 5.41 Å². The zero-order chi connectivity index (χ0) is 20.0. The standard InChI is InChI=1S/C23H38O3/c1-9-11-13-17(19-15-16-20(25-19)22(3,4)5)18(14-12-10-2)26-21(24)23(6,7)8/h15-16H,9-14H2,1-8H3/b18-17+. The Hall–Kier alpha value is -1.51. The molecule has 0 unspecified atom stereocenters. The fourth-order valence-corrected chi connectivity index (χ4v) is 2.52. The molecule has 0 aliphatic rings. The van der Waals surface area contributed by atoms with Crippen LogP contribution >= 0.6 is 0 Å². The predicted octanol–water partition coefficient (Wildman–Crippen LogP) is 7.26. The molecule has 0 spiro atoms. The van der Waals surface area contributed by atoms with E-state index >= 15 is 0 Å². The summed E-state index contributed by atoms with van der Waals surface area (Å²) in [6.07, 6.45) is 5.82. The molecule has 1 aromatic heterocycles. The molecule has 0 N–H and O–H groups in total. The number of hydrogen-bond donors (Lipinski definition) is 0. The molecule has 0 saturated heterocycles. The third-order valence-corrected chi connectivity index (χ3v) is 4.35. The number of esters is 1. The van der Waals surface area contributed by atoms with E-state index in [0.29, 0.717) is 0 Å². The van der Waals surface area contributed by atoms with Crippen LogP contribution in [0.25, 0.3) is 5.57 Å². The summed E-state index contributed by atoms with van der Waals surface area (Å²) >= 11 is 0. The highest BCUT2D eigenvalue weighted by Crippen LogP contribution is 2.34. The minimum atomic E-state index is -0.521. The first kappa shape index (κ1) is 22.5. The van der Waals surface area contributed by atoms with Gasteiger partial charge < -0.3 is 9.15 Å². The molecule has 0 atom stereocenters. The number of hydrogen-bond acceptors (Lipinski definition) is 3. The number of unbranched alkanes of at least 4 members (excludes halogenated alkanes) is 2. The topological polar surface area (TPSA) is 39.4 Å². The number of allylic oxidation sites excluding steroid dienone is 2. The molecule has 1 aromatic rings. The van der Waals surface area contributed by atoms with Crippen LogP contribution in [0.2, 0.25) is 0 Å². The highest BCUT2D eigenvalue weighted by Gasteiger charge is 2.27. The molecule has 0 bridgehead atoms. The lowest BCUT2D eigenvalue weighted by Crippen LogP contribution is -2.23. The van der Waals surface area contributed by atoms with Gasteiger partial charge in [0.1, 0.15) is 17.3 Å². The smallest absolute Gasteiger partial charge is 0.316 e. The van der Waals surface area contributed by atoms with Crippen molar-refractivity contribution < 1.29 is 13.9 Å².